The van der Waals surface area contributed by atoms with Gasteiger partial charge in [-0.3, -0.25) is 9.83 Å². The predicted molar refractivity (Wildman–Crippen MR) is 104 cm³/mol. The van der Waals surface area contributed by atoms with E-state index in [-0.39, 0.29) is 0 Å². The van der Waals surface area contributed by atoms with Crippen LogP contribution in [-0.4, -0.2) is 39.5 Å². The van der Waals surface area contributed by atoms with Crippen LogP contribution in [0.2, 0.25) is 0 Å². The van der Waals surface area contributed by atoms with Crippen LogP contribution in [0.25, 0.3) is 16.7 Å². The summed E-state index contributed by atoms with van der Waals surface area (Å²) in [6, 6.07) is 13.4. The quantitative estimate of drug-likeness (QED) is 0.434. The summed E-state index contributed by atoms with van der Waals surface area (Å²) in [6.07, 6.45) is 1.66. The molecule has 1 N–H and O–H groups in total. The van der Waals surface area contributed by atoms with Gasteiger partial charge in [-0.2, -0.15) is 5.10 Å². The summed E-state index contributed by atoms with van der Waals surface area (Å²) >= 11 is 0. The van der Waals surface area contributed by atoms with Gasteiger partial charge in [0.15, 0.2) is 17.3 Å². The molecule has 0 spiro atoms. The highest BCUT2D eigenvalue weighted by Crippen LogP contribution is 2.28. The molecule has 136 valence electrons. The Morgan fingerprint density at radius 1 is 1.07 bits per heavy atom. The number of methoxy groups -OCH3 is 2. The summed E-state index contributed by atoms with van der Waals surface area (Å²) in [5, 5.41) is 12.6. The van der Waals surface area contributed by atoms with E-state index in [1.54, 1.807) is 20.5 Å². The molecule has 0 radical (unpaired) electrons. The van der Waals surface area contributed by atoms with Crippen LogP contribution in [0.3, 0.4) is 0 Å². The van der Waals surface area contributed by atoms with Crippen LogP contribution in [0.15, 0.2) is 53.9 Å². The number of nitrogens with zero attached hydrogens (tertiary/aromatic N) is 5. The Labute approximate surface area is 155 Å². The molecule has 2 aromatic carbocycles. The molecule has 0 aliphatic heterocycles. The number of ether oxygens (including phenoxy) is 2. The molecule has 0 saturated heterocycles. The van der Waals surface area contributed by atoms with Crippen LogP contribution in [0.4, 0.5) is 5.82 Å². The lowest BCUT2D eigenvalue weighted by Crippen LogP contribution is -2.04. The van der Waals surface area contributed by atoms with Crippen LogP contribution >= 0.6 is 0 Å². The average molecular weight is 362 g/mol. The highest BCUT2D eigenvalue weighted by molar-refractivity contribution is 5.99. The summed E-state index contributed by atoms with van der Waals surface area (Å²) in [5.41, 5.74) is 7.05. The maximum atomic E-state index is 5.35. The third kappa shape index (κ3) is 3.01. The zero-order chi connectivity index (χ0) is 18.8. The Balaban J connectivity index is 1.70. The van der Waals surface area contributed by atoms with Gasteiger partial charge in [0.05, 0.1) is 31.0 Å². The lowest BCUT2D eigenvalue weighted by atomic mass is 10.1. The molecule has 0 aliphatic rings. The molecule has 27 heavy (non-hydrogen) atoms. The highest BCUT2D eigenvalue weighted by atomic mass is 16.5. The standard InChI is InChI=1S/C19H18N6O2/c1-12(13-8-9-16(26-2)17(10-13)27-3)22-23-18-19-24-20-11-25(19)15-7-5-4-6-14(15)21-18/h4-11H,1-3H3,(H,21,23)/b22-12-. The monoisotopic (exact) mass is 362 g/mol. The number of hydrogen-bond donors (Lipinski definition) is 1. The van der Waals surface area contributed by atoms with Gasteiger partial charge in [-0.25, -0.2) is 4.98 Å². The summed E-state index contributed by atoms with van der Waals surface area (Å²) < 4.78 is 12.5. The van der Waals surface area contributed by atoms with E-state index < -0.39 is 0 Å². The van der Waals surface area contributed by atoms with Crippen molar-refractivity contribution in [3.8, 4) is 11.5 Å². The van der Waals surface area contributed by atoms with Gasteiger partial charge in [-0.15, -0.1) is 10.2 Å². The van der Waals surface area contributed by atoms with Crippen molar-refractivity contribution in [2.45, 2.75) is 6.92 Å². The summed E-state index contributed by atoms with van der Waals surface area (Å²) in [6.45, 7) is 1.90. The Kier molecular flexibility index (Phi) is 4.29. The first-order valence-electron chi connectivity index (χ1n) is 8.32. The second-order valence-electron chi connectivity index (χ2n) is 5.85. The van der Waals surface area contributed by atoms with E-state index in [0.717, 1.165) is 22.3 Å². The number of rotatable bonds is 5. The van der Waals surface area contributed by atoms with Crippen molar-refractivity contribution in [2.24, 2.45) is 5.10 Å². The molecule has 4 aromatic rings. The molecule has 2 heterocycles. The number of benzene rings is 2. The number of nitrogens with one attached hydrogen (secondary N) is 1. The molecule has 0 saturated carbocycles. The number of para-hydroxylation sites is 2. The third-order valence-electron chi connectivity index (χ3n) is 4.26. The molecule has 8 nitrogen and oxygen atoms in total. The molecule has 4 rings (SSSR count). The third-order valence-corrected chi connectivity index (χ3v) is 4.26. The zero-order valence-electron chi connectivity index (χ0n) is 15.2. The molecule has 0 atom stereocenters. The van der Waals surface area contributed by atoms with Gasteiger partial charge < -0.3 is 9.47 Å². The van der Waals surface area contributed by atoms with Crippen molar-refractivity contribution in [1.82, 2.24) is 19.6 Å². The van der Waals surface area contributed by atoms with E-state index in [0.29, 0.717) is 23.0 Å². The van der Waals surface area contributed by atoms with Gasteiger partial charge in [0.25, 0.3) is 0 Å². The summed E-state index contributed by atoms with van der Waals surface area (Å²) in [5.74, 6) is 1.85. The highest BCUT2D eigenvalue weighted by Gasteiger charge is 2.10. The van der Waals surface area contributed by atoms with Gasteiger partial charge in [0.2, 0.25) is 5.65 Å². The van der Waals surface area contributed by atoms with Crippen molar-refractivity contribution >= 4 is 28.2 Å². The second kappa shape index (κ2) is 6.91. The lowest BCUT2D eigenvalue weighted by molar-refractivity contribution is 0.355. The minimum absolute atomic E-state index is 0.533. The minimum atomic E-state index is 0.533. The largest absolute Gasteiger partial charge is 0.493 e. The van der Waals surface area contributed by atoms with Crippen LogP contribution in [0.5, 0.6) is 11.5 Å². The first-order chi connectivity index (χ1) is 13.2. The molecule has 8 heteroatoms. The van der Waals surface area contributed by atoms with E-state index in [4.69, 9.17) is 9.47 Å². The molecule has 0 amide bonds. The van der Waals surface area contributed by atoms with Crippen molar-refractivity contribution in [1.29, 1.82) is 0 Å². The zero-order valence-corrected chi connectivity index (χ0v) is 15.2. The molecule has 0 aliphatic carbocycles. The number of aromatic nitrogens is 4. The summed E-state index contributed by atoms with van der Waals surface area (Å²) in [7, 11) is 3.21. The van der Waals surface area contributed by atoms with Crippen LogP contribution in [0.1, 0.15) is 12.5 Å². The van der Waals surface area contributed by atoms with Crippen LogP contribution in [0, 0.1) is 0 Å². The lowest BCUT2D eigenvalue weighted by Gasteiger charge is -2.10. The van der Waals surface area contributed by atoms with Gasteiger partial charge in [0, 0.05) is 5.56 Å². The maximum Gasteiger partial charge on any atom is 0.205 e. The molecule has 2 aromatic heterocycles. The van der Waals surface area contributed by atoms with E-state index in [2.05, 4.69) is 25.7 Å². The van der Waals surface area contributed by atoms with Gasteiger partial charge in [0.1, 0.15) is 6.33 Å². The minimum Gasteiger partial charge on any atom is -0.493 e. The normalized spacial score (nSPS) is 11.7. The molecule has 0 fully saturated rings. The fourth-order valence-corrected chi connectivity index (χ4v) is 2.84. The van der Waals surface area contributed by atoms with E-state index in [1.165, 1.54) is 0 Å². The van der Waals surface area contributed by atoms with E-state index >= 15 is 0 Å². The first kappa shape index (κ1) is 16.8. The molecule has 0 bridgehead atoms. The van der Waals surface area contributed by atoms with E-state index in [9.17, 15) is 0 Å². The number of anilines is 1. The number of fused-ring (bicyclic) bond motifs is 3. The Hall–Kier alpha value is -3.68. The van der Waals surface area contributed by atoms with Crippen molar-refractivity contribution in [2.75, 3.05) is 19.6 Å². The molecular weight excluding hydrogens is 344 g/mol. The van der Waals surface area contributed by atoms with Gasteiger partial charge >= 0.3 is 0 Å². The van der Waals surface area contributed by atoms with Gasteiger partial charge in [-0.1, -0.05) is 12.1 Å². The van der Waals surface area contributed by atoms with Crippen LogP contribution < -0.4 is 14.9 Å². The fourth-order valence-electron chi connectivity index (χ4n) is 2.84. The van der Waals surface area contributed by atoms with E-state index in [1.807, 2.05) is 53.8 Å². The second-order valence-corrected chi connectivity index (χ2v) is 5.85. The smallest absolute Gasteiger partial charge is 0.205 e. The van der Waals surface area contributed by atoms with Gasteiger partial charge in [-0.05, 0) is 37.3 Å². The summed E-state index contributed by atoms with van der Waals surface area (Å²) in [4.78, 5) is 4.62. The SMILES string of the molecule is COc1ccc(/C(C)=N\Nc2nc3ccccc3n3cnnc23)cc1OC. The van der Waals surface area contributed by atoms with Crippen molar-refractivity contribution in [3.05, 3.63) is 54.4 Å². The molecule has 0 unspecified atom stereocenters. The maximum absolute atomic E-state index is 5.35. The average Bonchev–Trinajstić information content (AvgIpc) is 3.21. The number of hydrazone groups is 1. The topological polar surface area (TPSA) is 85.9 Å². The molecular formula is C19H18N6O2. The first-order valence-corrected chi connectivity index (χ1v) is 8.32. The van der Waals surface area contributed by atoms with Crippen molar-refractivity contribution in [3.63, 3.8) is 0 Å². The Morgan fingerprint density at radius 3 is 2.70 bits per heavy atom. The fraction of sp³-hybridized carbons (Fsp3) is 0.158. The Bertz CT molecular complexity index is 1150. The number of hydrogen-bond acceptors (Lipinski definition) is 7. The van der Waals surface area contributed by atoms with Crippen LogP contribution in [-0.2, 0) is 0 Å². The van der Waals surface area contributed by atoms with Crippen molar-refractivity contribution < 1.29 is 9.47 Å². The Morgan fingerprint density at radius 2 is 1.89 bits per heavy atom. The predicted octanol–water partition coefficient (Wildman–Crippen LogP) is 3.13.